The fourth-order valence-electron chi connectivity index (χ4n) is 1.12. The summed E-state index contributed by atoms with van der Waals surface area (Å²) in [6.45, 7) is 1.11. The number of likely N-dealkylation sites (tertiary alicyclic amines) is 1. The monoisotopic (exact) mass is 146 g/mol. The van der Waals surface area contributed by atoms with Gasteiger partial charge in [0.15, 0.2) is 0 Å². The summed E-state index contributed by atoms with van der Waals surface area (Å²) >= 11 is 0. The molecule has 1 aliphatic rings. The summed E-state index contributed by atoms with van der Waals surface area (Å²) in [7, 11) is 0. The third-order valence-electron chi connectivity index (χ3n) is 1.70. The molecular weight excluding hydrogens is 135 g/mol. The van der Waals surface area contributed by atoms with Crippen LogP contribution in [0.15, 0.2) is 0 Å². The Labute approximate surface area is 59.0 Å². The Kier molecular flexibility index (Phi) is 2.34. The number of carbonyl (C=O) groups excluding carboxylic acids is 1. The molecule has 10 heavy (non-hydrogen) atoms. The van der Waals surface area contributed by atoms with E-state index in [1.165, 1.54) is 0 Å². The number of rotatable bonds is 2. The third kappa shape index (κ3) is 1.52. The molecule has 2 unspecified atom stereocenters. The Hall–Kier alpha value is -0.480. The summed E-state index contributed by atoms with van der Waals surface area (Å²) in [5.74, 6) is 0. The summed E-state index contributed by atoms with van der Waals surface area (Å²) in [6.07, 6.45) is -0.190. The van der Waals surface area contributed by atoms with Gasteiger partial charge in [-0.05, 0) is 0 Å². The number of hydrogen-bond donors (Lipinski definition) is 1. The molecule has 4 heteroatoms. The molecule has 0 spiro atoms. The highest BCUT2D eigenvalue weighted by atomic mass is 19.1. The largest absolute Gasteiger partial charge is 0.324 e. The SMILES string of the molecule is NC1CN(CC=O)CC1F. The Morgan fingerprint density at radius 3 is 2.80 bits per heavy atom. The van der Waals surface area contributed by atoms with Crippen molar-refractivity contribution in [1.82, 2.24) is 4.90 Å². The first-order chi connectivity index (χ1) is 4.74. The average Bonchev–Trinajstić information content (AvgIpc) is 2.14. The number of nitrogens with two attached hydrogens (primary N) is 1. The van der Waals surface area contributed by atoms with Crippen molar-refractivity contribution in [2.75, 3.05) is 19.6 Å². The van der Waals surface area contributed by atoms with Crippen LogP contribution in [0.1, 0.15) is 0 Å². The van der Waals surface area contributed by atoms with Crippen LogP contribution < -0.4 is 5.73 Å². The molecule has 0 aromatic rings. The predicted molar refractivity (Wildman–Crippen MR) is 35.4 cm³/mol. The summed E-state index contributed by atoms with van der Waals surface area (Å²) < 4.78 is 12.6. The minimum absolute atomic E-state index is 0.300. The molecule has 58 valence electrons. The molecule has 1 aliphatic heterocycles. The summed E-state index contributed by atoms with van der Waals surface area (Å²) in [5.41, 5.74) is 5.37. The van der Waals surface area contributed by atoms with Gasteiger partial charge in [-0.3, -0.25) is 4.90 Å². The molecule has 1 saturated heterocycles. The molecule has 0 radical (unpaired) electrons. The first kappa shape index (κ1) is 7.63. The average molecular weight is 146 g/mol. The fourth-order valence-corrected chi connectivity index (χ4v) is 1.12. The van der Waals surface area contributed by atoms with Crippen molar-refractivity contribution in [2.24, 2.45) is 5.73 Å². The van der Waals surface area contributed by atoms with Crippen molar-refractivity contribution in [3.05, 3.63) is 0 Å². The molecular formula is C6H11FN2O. The van der Waals surface area contributed by atoms with E-state index in [1.807, 2.05) is 0 Å². The van der Waals surface area contributed by atoms with Crippen LogP contribution >= 0.6 is 0 Å². The smallest absolute Gasteiger partial charge is 0.133 e. The zero-order valence-electron chi connectivity index (χ0n) is 5.66. The lowest BCUT2D eigenvalue weighted by atomic mass is 10.3. The van der Waals surface area contributed by atoms with Gasteiger partial charge in [0.25, 0.3) is 0 Å². The van der Waals surface area contributed by atoms with Crippen LogP contribution in [0.2, 0.25) is 0 Å². The van der Waals surface area contributed by atoms with Crippen LogP contribution in [-0.4, -0.2) is 43.0 Å². The third-order valence-corrected chi connectivity index (χ3v) is 1.70. The summed E-state index contributed by atoms with van der Waals surface area (Å²) in [4.78, 5) is 11.7. The van der Waals surface area contributed by atoms with E-state index < -0.39 is 12.2 Å². The Morgan fingerprint density at radius 2 is 2.40 bits per heavy atom. The van der Waals surface area contributed by atoms with E-state index in [0.29, 0.717) is 19.6 Å². The van der Waals surface area contributed by atoms with Gasteiger partial charge in [-0.2, -0.15) is 0 Å². The standard InChI is InChI=1S/C6H11FN2O/c7-5-3-9(1-2-10)4-6(5)8/h2,5-6H,1,3-4,8H2. The topological polar surface area (TPSA) is 46.3 Å². The number of aldehydes is 1. The second-order valence-electron chi connectivity index (χ2n) is 2.57. The lowest BCUT2D eigenvalue weighted by molar-refractivity contribution is -0.108. The van der Waals surface area contributed by atoms with E-state index in [9.17, 15) is 9.18 Å². The maximum Gasteiger partial charge on any atom is 0.133 e. The highest BCUT2D eigenvalue weighted by Crippen LogP contribution is 2.09. The van der Waals surface area contributed by atoms with E-state index >= 15 is 0 Å². The van der Waals surface area contributed by atoms with Crippen LogP contribution in [0, 0.1) is 0 Å². The van der Waals surface area contributed by atoms with Gasteiger partial charge >= 0.3 is 0 Å². The fraction of sp³-hybridized carbons (Fsp3) is 0.833. The van der Waals surface area contributed by atoms with Gasteiger partial charge in [0, 0.05) is 19.1 Å². The molecule has 0 aromatic carbocycles. The molecule has 0 aliphatic carbocycles. The van der Waals surface area contributed by atoms with E-state index in [1.54, 1.807) is 4.90 Å². The van der Waals surface area contributed by atoms with Crippen LogP contribution in [0.3, 0.4) is 0 Å². The maximum absolute atomic E-state index is 12.6. The molecule has 0 bridgehead atoms. The molecule has 1 rings (SSSR count). The number of alkyl halides is 1. The molecule has 0 aromatic heterocycles. The van der Waals surface area contributed by atoms with E-state index in [0.717, 1.165) is 6.29 Å². The van der Waals surface area contributed by atoms with Crippen molar-refractivity contribution >= 4 is 6.29 Å². The highest BCUT2D eigenvalue weighted by molar-refractivity contribution is 5.52. The van der Waals surface area contributed by atoms with Crippen molar-refractivity contribution in [2.45, 2.75) is 12.2 Å². The van der Waals surface area contributed by atoms with Gasteiger partial charge in [-0.15, -0.1) is 0 Å². The zero-order chi connectivity index (χ0) is 7.56. The first-order valence-corrected chi connectivity index (χ1v) is 3.29. The molecule has 0 saturated carbocycles. The van der Waals surface area contributed by atoms with Crippen LogP contribution in [0.5, 0.6) is 0 Å². The number of halogens is 1. The molecule has 3 nitrogen and oxygen atoms in total. The van der Waals surface area contributed by atoms with E-state index in [4.69, 9.17) is 5.73 Å². The van der Waals surface area contributed by atoms with Crippen molar-refractivity contribution in [3.63, 3.8) is 0 Å². The second-order valence-corrected chi connectivity index (χ2v) is 2.57. The molecule has 1 heterocycles. The molecule has 1 fully saturated rings. The van der Waals surface area contributed by atoms with E-state index in [2.05, 4.69) is 0 Å². The zero-order valence-corrected chi connectivity index (χ0v) is 5.66. The van der Waals surface area contributed by atoms with Crippen LogP contribution in [0.4, 0.5) is 4.39 Å². The normalized spacial score (nSPS) is 34.6. The molecule has 0 amide bonds. The lowest BCUT2D eigenvalue weighted by Gasteiger charge is -2.08. The number of carbonyl (C=O) groups is 1. The molecule has 2 N–H and O–H groups in total. The highest BCUT2D eigenvalue weighted by Gasteiger charge is 2.28. The van der Waals surface area contributed by atoms with Gasteiger partial charge in [0.1, 0.15) is 12.5 Å². The van der Waals surface area contributed by atoms with Crippen molar-refractivity contribution < 1.29 is 9.18 Å². The first-order valence-electron chi connectivity index (χ1n) is 3.29. The van der Waals surface area contributed by atoms with Gasteiger partial charge in [-0.1, -0.05) is 0 Å². The van der Waals surface area contributed by atoms with E-state index in [-0.39, 0.29) is 0 Å². The maximum atomic E-state index is 12.6. The van der Waals surface area contributed by atoms with Gasteiger partial charge < -0.3 is 10.5 Å². The minimum atomic E-state index is -0.958. The van der Waals surface area contributed by atoms with Gasteiger partial charge in [-0.25, -0.2) is 4.39 Å². The van der Waals surface area contributed by atoms with Gasteiger partial charge in [0.05, 0.1) is 6.54 Å². The van der Waals surface area contributed by atoms with Gasteiger partial charge in [0.2, 0.25) is 0 Å². The Morgan fingerprint density at radius 1 is 1.70 bits per heavy atom. The summed E-state index contributed by atoms with van der Waals surface area (Å²) in [6, 6.07) is -0.403. The van der Waals surface area contributed by atoms with Crippen LogP contribution in [-0.2, 0) is 4.79 Å². The number of nitrogens with zero attached hydrogens (tertiary/aromatic N) is 1. The summed E-state index contributed by atoms with van der Waals surface area (Å²) in [5, 5.41) is 0. The Balaban J connectivity index is 2.33. The quantitative estimate of drug-likeness (QED) is 0.517. The lowest BCUT2D eigenvalue weighted by Crippen LogP contribution is -2.30. The van der Waals surface area contributed by atoms with Crippen molar-refractivity contribution in [1.29, 1.82) is 0 Å². The van der Waals surface area contributed by atoms with Crippen LogP contribution in [0.25, 0.3) is 0 Å². The number of hydrogen-bond acceptors (Lipinski definition) is 3. The second kappa shape index (κ2) is 3.07. The minimum Gasteiger partial charge on any atom is -0.324 e. The van der Waals surface area contributed by atoms with Crippen molar-refractivity contribution in [3.8, 4) is 0 Å². The molecule has 2 atom stereocenters. The predicted octanol–water partition coefficient (Wildman–Crippen LogP) is -0.834. The Bertz CT molecular complexity index is 121.